The summed E-state index contributed by atoms with van der Waals surface area (Å²) in [5, 5.41) is 3.35. The Labute approximate surface area is 227 Å². The third kappa shape index (κ3) is 6.25. The molecule has 2 amide bonds. The van der Waals surface area contributed by atoms with Gasteiger partial charge >= 0.3 is 6.18 Å². The van der Waals surface area contributed by atoms with Gasteiger partial charge in [0.25, 0.3) is 5.91 Å². The highest BCUT2D eigenvalue weighted by Crippen LogP contribution is 2.34. The Bertz CT molecular complexity index is 1330. The van der Waals surface area contributed by atoms with E-state index in [-0.39, 0.29) is 23.8 Å². The molecular weight excluding hydrogens is 539 g/mol. The first-order valence-corrected chi connectivity index (χ1v) is 12.4. The molecule has 1 heterocycles. The number of alkyl halides is 3. The first-order valence-electron chi connectivity index (χ1n) is 11.6. The van der Waals surface area contributed by atoms with Crippen molar-refractivity contribution in [3.63, 3.8) is 0 Å². The standard InChI is InChI=1S/C27H23ClF3N3O3S/c1-37-22-11-9-20(10-12-22)32-24(35)16-23-25(36)34(21-4-2-3-18(15-21)27(29,30)31)26(38)33(23)14-13-17-5-7-19(28)8-6-17/h2-12,15,23H,13-14,16H2,1H3,(H,32,35). The minimum atomic E-state index is -4.59. The van der Waals surface area contributed by atoms with Gasteiger partial charge in [-0.2, -0.15) is 13.2 Å². The summed E-state index contributed by atoms with van der Waals surface area (Å²) in [5.74, 6) is -0.404. The fraction of sp³-hybridized carbons (Fsp3) is 0.222. The highest BCUT2D eigenvalue weighted by molar-refractivity contribution is 7.80. The number of nitrogens with zero attached hydrogens (tertiary/aromatic N) is 2. The quantitative estimate of drug-likeness (QED) is 0.345. The number of hydrogen-bond acceptors (Lipinski definition) is 4. The van der Waals surface area contributed by atoms with Gasteiger partial charge < -0.3 is 15.0 Å². The van der Waals surface area contributed by atoms with Gasteiger partial charge in [-0.25, -0.2) is 0 Å². The van der Waals surface area contributed by atoms with Crippen LogP contribution in [0.15, 0.2) is 72.8 Å². The lowest BCUT2D eigenvalue weighted by Crippen LogP contribution is -2.39. The van der Waals surface area contributed by atoms with Gasteiger partial charge in [-0.1, -0.05) is 29.8 Å². The number of rotatable bonds is 8. The molecule has 1 aliphatic heterocycles. The molecule has 6 nitrogen and oxygen atoms in total. The van der Waals surface area contributed by atoms with E-state index in [1.165, 1.54) is 19.2 Å². The lowest BCUT2D eigenvalue weighted by Gasteiger charge is -2.24. The van der Waals surface area contributed by atoms with E-state index < -0.39 is 29.6 Å². The third-order valence-electron chi connectivity index (χ3n) is 6.06. The van der Waals surface area contributed by atoms with Crippen molar-refractivity contribution in [3.05, 3.63) is 88.9 Å². The highest BCUT2D eigenvalue weighted by atomic mass is 35.5. The maximum atomic E-state index is 13.5. The number of anilines is 2. The Kier molecular flexibility index (Phi) is 8.23. The van der Waals surface area contributed by atoms with Crippen LogP contribution >= 0.6 is 23.8 Å². The van der Waals surface area contributed by atoms with Crippen LogP contribution in [0.2, 0.25) is 5.02 Å². The molecule has 3 aromatic carbocycles. The molecule has 1 unspecified atom stereocenters. The second kappa shape index (κ2) is 11.4. The van der Waals surface area contributed by atoms with E-state index in [2.05, 4.69) is 5.32 Å². The molecule has 3 aromatic rings. The predicted octanol–water partition coefficient (Wildman–Crippen LogP) is 5.94. The van der Waals surface area contributed by atoms with Crippen molar-refractivity contribution in [2.45, 2.75) is 25.1 Å². The molecule has 0 radical (unpaired) electrons. The average Bonchev–Trinajstić information content (AvgIpc) is 3.12. The van der Waals surface area contributed by atoms with Crippen molar-refractivity contribution in [3.8, 4) is 5.75 Å². The minimum Gasteiger partial charge on any atom is -0.497 e. The molecule has 1 atom stereocenters. The van der Waals surface area contributed by atoms with Crippen molar-refractivity contribution in [2.75, 3.05) is 23.9 Å². The molecule has 0 saturated carbocycles. The molecular formula is C27H23ClF3N3O3S. The summed E-state index contributed by atoms with van der Waals surface area (Å²) in [6.07, 6.45) is -4.37. The molecule has 1 N–H and O–H groups in total. The van der Waals surface area contributed by atoms with E-state index in [1.807, 2.05) is 12.1 Å². The maximum absolute atomic E-state index is 13.5. The zero-order chi connectivity index (χ0) is 27.4. The molecule has 4 rings (SSSR count). The van der Waals surface area contributed by atoms with Crippen molar-refractivity contribution in [2.24, 2.45) is 0 Å². The first kappa shape index (κ1) is 27.4. The van der Waals surface area contributed by atoms with Gasteiger partial charge in [0.1, 0.15) is 11.8 Å². The number of benzene rings is 3. The summed E-state index contributed by atoms with van der Waals surface area (Å²) in [5.41, 5.74) is 0.512. The van der Waals surface area contributed by atoms with Crippen LogP contribution in [0.1, 0.15) is 17.5 Å². The number of halogens is 4. The molecule has 198 valence electrons. The van der Waals surface area contributed by atoms with Gasteiger partial charge in [0.15, 0.2) is 5.11 Å². The van der Waals surface area contributed by atoms with E-state index in [1.54, 1.807) is 41.3 Å². The number of ether oxygens (including phenoxy) is 1. The normalized spacial score (nSPS) is 15.7. The smallest absolute Gasteiger partial charge is 0.416 e. The maximum Gasteiger partial charge on any atom is 0.416 e. The minimum absolute atomic E-state index is 0.00983. The highest BCUT2D eigenvalue weighted by Gasteiger charge is 2.44. The topological polar surface area (TPSA) is 61.9 Å². The Balaban J connectivity index is 1.58. The molecule has 1 saturated heterocycles. The van der Waals surface area contributed by atoms with Crippen LogP contribution in [0.5, 0.6) is 5.75 Å². The summed E-state index contributed by atoms with van der Waals surface area (Å²) < 4.78 is 45.2. The monoisotopic (exact) mass is 561 g/mol. The number of thiocarbonyl (C=S) groups is 1. The summed E-state index contributed by atoms with van der Waals surface area (Å²) in [7, 11) is 1.52. The van der Waals surface area contributed by atoms with E-state index in [0.29, 0.717) is 22.9 Å². The van der Waals surface area contributed by atoms with Gasteiger partial charge in [0.2, 0.25) is 5.91 Å². The van der Waals surface area contributed by atoms with Crippen molar-refractivity contribution >= 4 is 52.1 Å². The van der Waals surface area contributed by atoms with Gasteiger partial charge in [0.05, 0.1) is 24.8 Å². The van der Waals surface area contributed by atoms with Crippen LogP contribution in [0.4, 0.5) is 24.5 Å². The lowest BCUT2D eigenvalue weighted by atomic mass is 10.1. The van der Waals surface area contributed by atoms with Crippen molar-refractivity contribution < 1.29 is 27.5 Å². The molecule has 0 bridgehead atoms. The summed E-state index contributed by atoms with van der Waals surface area (Å²) in [6, 6.07) is 17.2. The van der Waals surface area contributed by atoms with E-state index in [0.717, 1.165) is 22.6 Å². The third-order valence-corrected chi connectivity index (χ3v) is 6.73. The molecule has 0 aromatic heterocycles. The Morgan fingerprint density at radius 3 is 2.39 bits per heavy atom. The number of amides is 2. The fourth-order valence-electron chi connectivity index (χ4n) is 4.11. The summed E-state index contributed by atoms with van der Waals surface area (Å²) >= 11 is 11.5. The van der Waals surface area contributed by atoms with E-state index in [4.69, 9.17) is 28.6 Å². The zero-order valence-corrected chi connectivity index (χ0v) is 21.7. The zero-order valence-electron chi connectivity index (χ0n) is 20.2. The molecule has 11 heteroatoms. The van der Waals surface area contributed by atoms with Crippen molar-refractivity contribution in [1.29, 1.82) is 0 Å². The average molecular weight is 562 g/mol. The van der Waals surface area contributed by atoms with Gasteiger partial charge in [-0.15, -0.1) is 0 Å². The van der Waals surface area contributed by atoms with Gasteiger partial charge in [0, 0.05) is 17.3 Å². The second-order valence-electron chi connectivity index (χ2n) is 8.57. The fourth-order valence-corrected chi connectivity index (χ4v) is 4.65. The van der Waals surface area contributed by atoms with Crippen LogP contribution in [0.25, 0.3) is 0 Å². The van der Waals surface area contributed by atoms with Crippen LogP contribution in [0, 0.1) is 0 Å². The van der Waals surface area contributed by atoms with Crippen LogP contribution in [-0.4, -0.2) is 41.5 Å². The number of nitrogens with one attached hydrogen (secondary N) is 1. The van der Waals surface area contributed by atoms with Crippen LogP contribution in [0.3, 0.4) is 0 Å². The molecule has 0 spiro atoms. The van der Waals surface area contributed by atoms with Gasteiger partial charge in [-0.3, -0.25) is 14.5 Å². The Morgan fingerprint density at radius 1 is 1.08 bits per heavy atom. The van der Waals surface area contributed by atoms with E-state index >= 15 is 0 Å². The van der Waals surface area contributed by atoms with Gasteiger partial charge in [-0.05, 0) is 78.8 Å². The second-order valence-corrected chi connectivity index (χ2v) is 9.37. The Morgan fingerprint density at radius 2 is 1.76 bits per heavy atom. The molecule has 0 aliphatic carbocycles. The van der Waals surface area contributed by atoms with Crippen LogP contribution < -0.4 is 15.0 Å². The number of carbonyl (C=O) groups is 2. The Hall–Kier alpha value is -3.63. The van der Waals surface area contributed by atoms with Crippen molar-refractivity contribution in [1.82, 2.24) is 4.90 Å². The molecule has 1 aliphatic rings. The number of methoxy groups -OCH3 is 1. The first-order chi connectivity index (χ1) is 18.1. The van der Waals surface area contributed by atoms with E-state index in [9.17, 15) is 22.8 Å². The predicted molar refractivity (Wildman–Crippen MR) is 143 cm³/mol. The SMILES string of the molecule is COc1ccc(NC(=O)CC2C(=O)N(c3cccc(C(F)(F)F)c3)C(=S)N2CCc2ccc(Cl)cc2)cc1. The number of carbonyl (C=O) groups excluding carboxylic acids is 2. The molecule has 38 heavy (non-hydrogen) atoms. The molecule has 1 fully saturated rings. The number of hydrogen-bond donors (Lipinski definition) is 1. The lowest BCUT2D eigenvalue weighted by molar-refractivity contribution is -0.137. The summed E-state index contributed by atoms with van der Waals surface area (Å²) in [6.45, 7) is 0.266. The summed E-state index contributed by atoms with van der Waals surface area (Å²) in [4.78, 5) is 29.1. The van der Waals surface area contributed by atoms with Crippen LogP contribution in [-0.2, 0) is 22.2 Å². The largest absolute Gasteiger partial charge is 0.497 e.